The fourth-order valence-electron chi connectivity index (χ4n) is 1.55. The topological polar surface area (TPSA) is 75.6 Å². The van der Waals surface area contributed by atoms with E-state index in [9.17, 15) is 9.59 Å². The highest BCUT2D eigenvalue weighted by Gasteiger charge is 2.22. The Balaban J connectivity index is 2.65. The lowest BCUT2D eigenvalue weighted by molar-refractivity contribution is -0.236. The van der Waals surface area contributed by atoms with Gasteiger partial charge in [-0.3, -0.25) is 9.68 Å². The molecule has 1 aromatic carbocycles. The minimum atomic E-state index is -0.840. The van der Waals surface area contributed by atoms with E-state index in [1.54, 1.807) is 30.3 Å². The molecule has 0 heterocycles. The molecule has 0 saturated carbocycles. The first-order valence-corrected chi connectivity index (χ1v) is 5.90. The van der Waals surface area contributed by atoms with Crippen molar-refractivity contribution < 1.29 is 19.7 Å². The number of rotatable bonds is 6. The average molecular weight is 251 g/mol. The van der Waals surface area contributed by atoms with Gasteiger partial charge in [-0.1, -0.05) is 38.0 Å². The fraction of sp³-hybridized carbons (Fsp3) is 0.385. The maximum absolute atomic E-state index is 11.8. The number of carbonyl (C=O) groups is 2. The first kappa shape index (κ1) is 14.2. The van der Waals surface area contributed by atoms with Crippen LogP contribution in [0, 0.1) is 0 Å². The van der Waals surface area contributed by atoms with Gasteiger partial charge in [-0.15, -0.1) is 0 Å². The van der Waals surface area contributed by atoms with Gasteiger partial charge < -0.3 is 5.32 Å². The lowest BCUT2D eigenvalue weighted by atomic mass is 10.1. The second-order valence-electron chi connectivity index (χ2n) is 3.94. The van der Waals surface area contributed by atoms with Crippen molar-refractivity contribution in [3.8, 4) is 0 Å². The SMILES string of the molecule is CCCCC(NC(=O)c1ccccc1)C(=O)OO. The Hall–Kier alpha value is -1.88. The van der Waals surface area contributed by atoms with Gasteiger partial charge in [0.25, 0.3) is 5.91 Å². The van der Waals surface area contributed by atoms with Crippen molar-refractivity contribution in [3.05, 3.63) is 35.9 Å². The van der Waals surface area contributed by atoms with Gasteiger partial charge in [0.15, 0.2) is 0 Å². The van der Waals surface area contributed by atoms with E-state index in [2.05, 4.69) is 10.2 Å². The van der Waals surface area contributed by atoms with Crippen molar-refractivity contribution in [2.75, 3.05) is 0 Å². The van der Waals surface area contributed by atoms with E-state index >= 15 is 0 Å². The average Bonchev–Trinajstić information content (AvgIpc) is 2.43. The van der Waals surface area contributed by atoms with Gasteiger partial charge in [-0.05, 0) is 18.6 Å². The third kappa shape index (κ3) is 4.18. The summed E-state index contributed by atoms with van der Waals surface area (Å²) in [6, 6.07) is 7.75. The summed E-state index contributed by atoms with van der Waals surface area (Å²) in [5.41, 5.74) is 0.463. The predicted octanol–water partition coefficient (Wildman–Crippen LogP) is 1.99. The Kier molecular flexibility index (Phi) is 5.87. The maximum Gasteiger partial charge on any atom is 0.364 e. The Labute approximate surface area is 106 Å². The summed E-state index contributed by atoms with van der Waals surface area (Å²) >= 11 is 0. The molecule has 5 heteroatoms. The highest BCUT2D eigenvalue weighted by Crippen LogP contribution is 2.05. The second kappa shape index (κ2) is 7.45. The highest BCUT2D eigenvalue weighted by atomic mass is 17.1. The molecule has 1 aromatic rings. The fourth-order valence-corrected chi connectivity index (χ4v) is 1.55. The van der Waals surface area contributed by atoms with E-state index in [4.69, 9.17) is 5.26 Å². The number of nitrogens with one attached hydrogen (secondary N) is 1. The van der Waals surface area contributed by atoms with Gasteiger partial charge in [0.2, 0.25) is 0 Å². The van der Waals surface area contributed by atoms with Gasteiger partial charge in [0.1, 0.15) is 6.04 Å². The standard InChI is InChI=1S/C13H17NO4/c1-2-3-9-11(13(16)18-17)14-12(15)10-7-5-4-6-8-10/h4-8,11,17H,2-3,9H2,1H3,(H,14,15). The van der Waals surface area contributed by atoms with Crippen molar-refractivity contribution in [1.29, 1.82) is 0 Å². The van der Waals surface area contributed by atoms with Crippen LogP contribution in [-0.4, -0.2) is 23.2 Å². The van der Waals surface area contributed by atoms with Gasteiger partial charge in [0.05, 0.1) is 0 Å². The monoisotopic (exact) mass is 251 g/mol. The number of unbranched alkanes of at least 4 members (excludes halogenated alkanes) is 1. The third-order valence-corrected chi connectivity index (χ3v) is 2.56. The predicted molar refractivity (Wildman–Crippen MR) is 65.9 cm³/mol. The first-order valence-electron chi connectivity index (χ1n) is 5.90. The van der Waals surface area contributed by atoms with E-state index in [0.717, 1.165) is 12.8 Å². The largest absolute Gasteiger partial charge is 0.364 e. The lowest BCUT2D eigenvalue weighted by Gasteiger charge is -2.14. The number of hydrogen-bond acceptors (Lipinski definition) is 4. The summed E-state index contributed by atoms with van der Waals surface area (Å²) in [5.74, 6) is -1.20. The van der Waals surface area contributed by atoms with Gasteiger partial charge in [-0.2, -0.15) is 5.26 Å². The number of benzene rings is 1. The zero-order valence-electron chi connectivity index (χ0n) is 10.3. The summed E-state index contributed by atoms with van der Waals surface area (Å²) < 4.78 is 0. The van der Waals surface area contributed by atoms with Crippen LogP contribution in [0.4, 0.5) is 0 Å². The molecule has 0 radical (unpaired) electrons. The van der Waals surface area contributed by atoms with E-state index in [1.165, 1.54) is 0 Å². The van der Waals surface area contributed by atoms with Crippen LogP contribution in [0.25, 0.3) is 0 Å². The molecule has 2 N–H and O–H groups in total. The molecule has 1 amide bonds. The van der Waals surface area contributed by atoms with Crippen LogP contribution in [-0.2, 0) is 9.68 Å². The van der Waals surface area contributed by atoms with Gasteiger partial charge >= 0.3 is 5.97 Å². The van der Waals surface area contributed by atoms with Gasteiger partial charge in [-0.25, -0.2) is 4.79 Å². The first-order chi connectivity index (χ1) is 8.69. The van der Waals surface area contributed by atoms with Crippen molar-refractivity contribution >= 4 is 11.9 Å². The van der Waals surface area contributed by atoms with Crippen LogP contribution < -0.4 is 5.32 Å². The van der Waals surface area contributed by atoms with Crippen molar-refractivity contribution in [2.45, 2.75) is 32.2 Å². The molecule has 0 aliphatic heterocycles. The maximum atomic E-state index is 11.8. The van der Waals surface area contributed by atoms with Crippen molar-refractivity contribution in [3.63, 3.8) is 0 Å². The van der Waals surface area contributed by atoms with E-state index in [-0.39, 0.29) is 5.91 Å². The molecule has 0 aliphatic rings. The quantitative estimate of drug-likeness (QED) is 0.599. The Morgan fingerprint density at radius 1 is 1.33 bits per heavy atom. The molecule has 0 bridgehead atoms. The van der Waals surface area contributed by atoms with Crippen LogP contribution in [0.5, 0.6) is 0 Å². The normalized spacial score (nSPS) is 11.7. The molecule has 0 fully saturated rings. The summed E-state index contributed by atoms with van der Waals surface area (Å²) in [6.07, 6.45) is 2.08. The number of amides is 1. The van der Waals surface area contributed by atoms with E-state index in [0.29, 0.717) is 12.0 Å². The molecule has 1 rings (SSSR count). The number of carbonyl (C=O) groups excluding carboxylic acids is 2. The van der Waals surface area contributed by atoms with Crippen molar-refractivity contribution in [1.82, 2.24) is 5.32 Å². The molecule has 98 valence electrons. The molecule has 1 unspecified atom stereocenters. The Morgan fingerprint density at radius 2 is 2.00 bits per heavy atom. The van der Waals surface area contributed by atoms with Crippen molar-refractivity contribution in [2.24, 2.45) is 0 Å². The molecular weight excluding hydrogens is 234 g/mol. The van der Waals surface area contributed by atoms with Crippen LogP contribution in [0.2, 0.25) is 0 Å². The smallest absolute Gasteiger partial charge is 0.338 e. The highest BCUT2D eigenvalue weighted by molar-refractivity contribution is 5.96. The van der Waals surface area contributed by atoms with Crippen LogP contribution in [0.3, 0.4) is 0 Å². The summed E-state index contributed by atoms with van der Waals surface area (Å²) in [4.78, 5) is 26.8. The summed E-state index contributed by atoms with van der Waals surface area (Å²) in [5, 5.41) is 10.9. The molecule has 0 aromatic heterocycles. The van der Waals surface area contributed by atoms with Crippen LogP contribution in [0.1, 0.15) is 36.5 Å². The molecule has 0 spiro atoms. The lowest BCUT2D eigenvalue weighted by Crippen LogP contribution is -2.41. The Bertz CT molecular complexity index is 391. The minimum absolute atomic E-state index is 0.359. The van der Waals surface area contributed by atoms with Crippen LogP contribution >= 0.6 is 0 Å². The zero-order valence-corrected chi connectivity index (χ0v) is 10.3. The molecule has 0 aliphatic carbocycles. The third-order valence-electron chi connectivity index (χ3n) is 2.56. The van der Waals surface area contributed by atoms with E-state index < -0.39 is 12.0 Å². The molecular formula is C13H17NO4. The van der Waals surface area contributed by atoms with Crippen LogP contribution in [0.15, 0.2) is 30.3 Å². The summed E-state index contributed by atoms with van der Waals surface area (Å²) in [6.45, 7) is 1.97. The van der Waals surface area contributed by atoms with Gasteiger partial charge in [0, 0.05) is 5.56 Å². The summed E-state index contributed by atoms with van der Waals surface area (Å²) in [7, 11) is 0. The van der Waals surface area contributed by atoms with E-state index in [1.807, 2.05) is 6.92 Å². The Morgan fingerprint density at radius 3 is 2.56 bits per heavy atom. The number of hydrogen-bond donors (Lipinski definition) is 2. The molecule has 1 atom stereocenters. The zero-order chi connectivity index (χ0) is 13.4. The molecule has 18 heavy (non-hydrogen) atoms. The molecule has 5 nitrogen and oxygen atoms in total. The minimum Gasteiger partial charge on any atom is -0.338 e. The second-order valence-corrected chi connectivity index (χ2v) is 3.94. The molecule has 0 saturated heterocycles.